The van der Waals surface area contributed by atoms with Crippen LogP contribution < -0.4 is 5.32 Å². The minimum Gasteiger partial charge on any atom is -0.309 e. The van der Waals surface area contributed by atoms with Crippen molar-refractivity contribution in [1.82, 2.24) is 5.32 Å². The van der Waals surface area contributed by atoms with Crippen molar-refractivity contribution >= 4 is 22.5 Å². The maximum Gasteiger partial charge on any atom is 0.0214 e. The van der Waals surface area contributed by atoms with E-state index >= 15 is 0 Å². The van der Waals surface area contributed by atoms with Gasteiger partial charge >= 0.3 is 0 Å². The molecule has 20 heavy (non-hydrogen) atoms. The molecule has 1 fully saturated rings. The Kier molecular flexibility index (Phi) is 4.04. The van der Waals surface area contributed by atoms with Gasteiger partial charge < -0.3 is 5.32 Å². The van der Waals surface area contributed by atoms with Gasteiger partial charge in [0.25, 0.3) is 0 Å². The zero-order chi connectivity index (χ0) is 14.0. The largest absolute Gasteiger partial charge is 0.309 e. The van der Waals surface area contributed by atoms with Crippen LogP contribution in [0.15, 0.2) is 42.5 Å². The van der Waals surface area contributed by atoms with Crippen molar-refractivity contribution in [2.45, 2.75) is 32.9 Å². The molecule has 2 aromatic carbocycles. The monoisotopic (exact) mass is 285 g/mol. The van der Waals surface area contributed by atoms with E-state index in [-0.39, 0.29) is 0 Å². The van der Waals surface area contributed by atoms with Crippen LogP contribution in [0.2, 0.25) is 0 Å². The summed E-state index contributed by atoms with van der Waals surface area (Å²) in [5, 5.41) is 6.52. The second kappa shape index (κ2) is 5.79. The van der Waals surface area contributed by atoms with Gasteiger partial charge in [0.1, 0.15) is 0 Å². The van der Waals surface area contributed by atoms with Crippen LogP contribution in [-0.2, 0) is 6.54 Å². The number of fused-ring (bicyclic) bond motifs is 1. The minimum absolute atomic E-state index is 0.413. The van der Waals surface area contributed by atoms with Crippen molar-refractivity contribution < 1.29 is 0 Å². The molecule has 0 spiro atoms. The van der Waals surface area contributed by atoms with Gasteiger partial charge in [-0.2, -0.15) is 11.8 Å². The van der Waals surface area contributed by atoms with Crippen LogP contribution in [0.1, 0.15) is 25.8 Å². The summed E-state index contributed by atoms with van der Waals surface area (Å²) in [5.74, 6) is 2.54. The molecule has 1 heterocycles. The third-order valence-electron chi connectivity index (χ3n) is 4.54. The zero-order valence-corrected chi connectivity index (χ0v) is 13.2. The maximum absolute atomic E-state index is 3.80. The number of benzene rings is 2. The maximum atomic E-state index is 3.80. The lowest BCUT2D eigenvalue weighted by atomic mass is 9.82. The highest BCUT2D eigenvalue weighted by Crippen LogP contribution is 2.34. The normalized spacial score (nSPS) is 22.0. The van der Waals surface area contributed by atoms with Gasteiger partial charge in [0.2, 0.25) is 0 Å². The molecular weight excluding hydrogens is 262 g/mol. The van der Waals surface area contributed by atoms with Gasteiger partial charge in [-0.3, -0.25) is 0 Å². The summed E-state index contributed by atoms with van der Waals surface area (Å²) in [7, 11) is 0. The van der Waals surface area contributed by atoms with Crippen LogP contribution in [-0.4, -0.2) is 17.5 Å². The first-order valence-electron chi connectivity index (χ1n) is 7.44. The number of hydrogen-bond acceptors (Lipinski definition) is 2. The molecule has 1 aliphatic rings. The van der Waals surface area contributed by atoms with Crippen molar-refractivity contribution in [1.29, 1.82) is 0 Å². The van der Waals surface area contributed by atoms with Gasteiger partial charge in [-0.15, -0.1) is 0 Å². The molecule has 0 bridgehead atoms. The van der Waals surface area contributed by atoms with E-state index in [1.54, 1.807) is 0 Å². The topological polar surface area (TPSA) is 12.0 Å². The predicted octanol–water partition coefficient (Wildman–Crippen LogP) is 4.46. The molecule has 0 aliphatic carbocycles. The summed E-state index contributed by atoms with van der Waals surface area (Å²) in [6.07, 6.45) is 1.31. The Balaban J connectivity index is 1.77. The number of nitrogens with one attached hydrogen (secondary N) is 1. The quantitative estimate of drug-likeness (QED) is 0.893. The van der Waals surface area contributed by atoms with E-state index in [0.717, 1.165) is 6.54 Å². The van der Waals surface area contributed by atoms with Crippen LogP contribution in [0.5, 0.6) is 0 Å². The third-order valence-corrected chi connectivity index (χ3v) is 5.60. The first-order valence-corrected chi connectivity index (χ1v) is 8.60. The Morgan fingerprint density at radius 2 is 1.95 bits per heavy atom. The standard InChI is InChI=1S/C18H23NS/c1-18(2)10-11-20-13-17(18)19-12-15-8-5-7-14-6-3-4-9-16(14)15/h3-9,17,19H,10-13H2,1-2H3. The lowest BCUT2D eigenvalue weighted by Crippen LogP contribution is -2.46. The lowest BCUT2D eigenvalue weighted by molar-refractivity contribution is 0.245. The fraction of sp³-hybridized carbons (Fsp3) is 0.444. The van der Waals surface area contributed by atoms with Crippen LogP contribution in [0.4, 0.5) is 0 Å². The van der Waals surface area contributed by atoms with Gasteiger partial charge in [0.15, 0.2) is 0 Å². The Morgan fingerprint density at radius 1 is 1.15 bits per heavy atom. The predicted molar refractivity (Wildman–Crippen MR) is 90.3 cm³/mol. The molecule has 0 saturated carbocycles. The molecule has 0 amide bonds. The van der Waals surface area contributed by atoms with Gasteiger partial charge in [0.05, 0.1) is 0 Å². The van der Waals surface area contributed by atoms with E-state index in [1.165, 1.54) is 34.3 Å². The van der Waals surface area contributed by atoms with Gasteiger partial charge in [-0.05, 0) is 33.9 Å². The molecular formula is C18H23NS. The van der Waals surface area contributed by atoms with Crippen molar-refractivity contribution in [2.75, 3.05) is 11.5 Å². The van der Waals surface area contributed by atoms with Crippen molar-refractivity contribution in [3.8, 4) is 0 Å². The first-order chi connectivity index (χ1) is 9.67. The molecule has 106 valence electrons. The Morgan fingerprint density at radius 3 is 2.80 bits per heavy atom. The molecule has 1 saturated heterocycles. The summed E-state index contributed by atoms with van der Waals surface area (Å²) in [4.78, 5) is 0. The highest BCUT2D eigenvalue weighted by Gasteiger charge is 2.31. The molecule has 2 aromatic rings. The van der Waals surface area contributed by atoms with E-state index in [9.17, 15) is 0 Å². The van der Waals surface area contributed by atoms with Gasteiger partial charge in [-0.1, -0.05) is 56.3 Å². The zero-order valence-electron chi connectivity index (χ0n) is 12.4. The fourth-order valence-corrected chi connectivity index (χ4v) is 4.59. The average molecular weight is 285 g/mol. The Hall–Kier alpha value is -0.990. The minimum atomic E-state index is 0.413. The summed E-state index contributed by atoms with van der Waals surface area (Å²) in [6, 6.07) is 15.9. The molecule has 1 aliphatic heterocycles. The molecule has 1 atom stereocenters. The summed E-state index contributed by atoms with van der Waals surface area (Å²) in [5.41, 5.74) is 1.82. The summed E-state index contributed by atoms with van der Waals surface area (Å²) >= 11 is 2.08. The summed E-state index contributed by atoms with van der Waals surface area (Å²) < 4.78 is 0. The second-order valence-electron chi connectivity index (χ2n) is 6.39. The van der Waals surface area contributed by atoms with Crippen LogP contribution >= 0.6 is 11.8 Å². The molecule has 1 N–H and O–H groups in total. The SMILES string of the molecule is CC1(C)CCSCC1NCc1cccc2ccccc12. The van der Waals surface area contributed by atoms with Gasteiger partial charge in [-0.25, -0.2) is 0 Å². The van der Waals surface area contributed by atoms with Gasteiger partial charge in [0, 0.05) is 18.3 Å². The van der Waals surface area contributed by atoms with Crippen molar-refractivity contribution in [3.05, 3.63) is 48.0 Å². The van der Waals surface area contributed by atoms with Crippen LogP contribution in [0, 0.1) is 5.41 Å². The number of thioether (sulfide) groups is 1. The molecule has 1 unspecified atom stereocenters. The van der Waals surface area contributed by atoms with E-state index in [0.29, 0.717) is 11.5 Å². The molecule has 0 radical (unpaired) electrons. The van der Waals surface area contributed by atoms with E-state index < -0.39 is 0 Å². The highest BCUT2D eigenvalue weighted by atomic mass is 32.2. The Labute approximate surface area is 126 Å². The molecule has 1 nitrogen and oxygen atoms in total. The highest BCUT2D eigenvalue weighted by molar-refractivity contribution is 7.99. The van der Waals surface area contributed by atoms with E-state index in [2.05, 4.69) is 73.4 Å². The Bertz CT molecular complexity index is 585. The third kappa shape index (κ3) is 2.87. The van der Waals surface area contributed by atoms with Crippen molar-refractivity contribution in [3.63, 3.8) is 0 Å². The molecule has 2 heteroatoms. The average Bonchev–Trinajstić information content (AvgIpc) is 2.46. The molecule has 0 aromatic heterocycles. The lowest BCUT2D eigenvalue weighted by Gasteiger charge is -2.39. The fourth-order valence-electron chi connectivity index (χ4n) is 2.95. The number of rotatable bonds is 3. The molecule has 3 rings (SSSR count). The smallest absolute Gasteiger partial charge is 0.0214 e. The van der Waals surface area contributed by atoms with Crippen LogP contribution in [0.3, 0.4) is 0 Å². The summed E-state index contributed by atoms with van der Waals surface area (Å²) in [6.45, 7) is 5.76. The second-order valence-corrected chi connectivity index (χ2v) is 7.54. The van der Waals surface area contributed by atoms with Crippen LogP contribution in [0.25, 0.3) is 10.8 Å². The van der Waals surface area contributed by atoms with E-state index in [4.69, 9.17) is 0 Å². The number of hydrogen-bond donors (Lipinski definition) is 1. The first kappa shape index (κ1) is 14.0. The van der Waals surface area contributed by atoms with Crippen molar-refractivity contribution in [2.24, 2.45) is 5.41 Å². The van der Waals surface area contributed by atoms with E-state index in [1.807, 2.05) is 0 Å².